The Morgan fingerprint density at radius 2 is 2.09 bits per heavy atom. The molecule has 2 N–H and O–H groups in total. The van der Waals surface area contributed by atoms with Crippen LogP contribution in [-0.4, -0.2) is 22.3 Å². The molecular formula is C17H17BrN4O. The molecule has 0 aliphatic rings. The Bertz CT molecular complexity index is 816. The fourth-order valence-corrected chi connectivity index (χ4v) is 2.73. The molecule has 0 saturated carbocycles. The minimum Gasteiger partial charge on any atom is -0.496 e. The SMILES string of the molecule is COc1ccc(Br)cc1CNc1cccc(-c2n[nH]c(C)n2)c1. The molecule has 1 heterocycles. The summed E-state index contributed by atoms with van der Waals surface area (Å²) in [4.78, 5) is 4.36. The van der Waals surface area contributed by atoms with Gasteiger partial charge < -0.3 is 10.1 Å². The molecule has 1 aromatic heterocycles. The third-order valence-electron chi connectivity index (χ3n) is 3.44. The lowest BCUT2D eigenvalue weighted by Crippen LogP contribution is -2.02. The van der Waals surface area contributed by atoms with E-state index in [9.17, 15) is 0 Å². The summed E-state index contributed by atoms with van der Waals surface area (Å²) >= 11 is 3.49. The fourth-order valence-electron chi connectivity index (χ4n) is 2.32. The maximum atomic E-state index is 5.40. The summed E-state index contributed by atoms with van der Waals surface area (Å²) in [6.07, 6.45) is 0. The number of ether oxygens (including phenoxy) is 1. The molecule has 0 amide bonds. The Morgan fingerprint density at radius 3 is 2.83 bits per heavy atom. The Labute approximate surface area is 143 Å². The van der Waals surface area contributed by atoms with Crippen LogP contribution in [0.25, 0.3) is 11.4 Å². The van der Waals surface area contributed by atoms with Gasteiger partial charge in [0, 0.05) is 27.8 Å². The molecule has 6 heteroatoms. The van der Waals surface area contributed by atoms with E-state index in [4.69, 9.17) is 4.74 Å². The summed E-state index contributed by atoms with van der Waals surface area (Å²) in [6.45, 7) is 2.55. The number of hydrogen-bond donors (Lipinski definition) is 2. The number of H-pyrrole nitrogens is 1. The van der Waals surface area contributed by atoms with Crippen LogP contribution < -0.4 is 10.1 Å². The van der Waals surface area contributed by atoms with Crippen LogP contribution in [0, 0.1) is 6.92 Å². The molecule has 0 radical (unpaired) electrons. The van der Waals surface area contributed by atoms with Crippen molar-refractivity contribution in [3.05, 3.63) is 58.3 Å². The second kappa shape index (κ2) is 6.83. The van der Waals surface area contributed by atoms with Crippen LogP contribution in [0.15, 0.2) is 46.9 Å². The van der Waals surface area contributed by atoms with E-state index in [1.165, 1.54) is 0 Å². The molecule has 0 fully saturated rings. The predicted octanol–water partition coefficient (Wildman–Crippen LogP) is 4.16. The highest BCUT2D eigenvalue weighted by molar-refractivity contribution is 9.10. The number of nitrogens with one attached hydrogen (secondary N) is 2. The summed E-state index contributed by atoms with van der Waals surface area (Å²) in [6, 6.07) is 14.0. The highest BCUT2D eigenvalue weighted by Crippen LogP contribution is 2.25. The number of methoxy groups -OCH3 is 1. The van der Waals surface area contributed by atoms with E-state index in [1.54, 1.807) is 7.11 Å². The van der Waals surface area contributed by atoms with Crippen molar-refractivity contribution in [3.63, 3.8) is 0 Å². The maximum absolute atomic E-state index is 5.40. The highest BCUT2D eigenvalue weighted by Gasteiger charge is 2.06. The van der Waals surface area contributed by atoms with Crippen molar-refractivity contribution >= 4 is 21.6 Å². The van der Waals surface area contributed by atoms with E-state index >= 15 is 0 Å². The van der Waals surface area contributed by atoms with Crippen LogP contribution in [0.5, 0.6) is 5.75 Å². The van der Waals surface area contributed by atoms with E-state index in [0.29, 0.717) is 12.4 Å². The molecule has 0 atom stereocenters. The number of aromatic nitrogens is 3. The van der Waals surface area contributed by atoms with Gasteiger partial charge in [-0.15, -0.1) is 0 Å². The summed E-state index contributed by atoms with van der Waals surface area (Å²) in [5.74, 6) is 2.37. The summed E-state index contributed by atoms with van der Waals surface area (Å²) < 4.78 is 6.43. The molecule has 3 aromatic rings. The Kier molecular flexibility index (Phi) is 4.62. The van der Waals surface area contributed by atoms with Gasteiger partial charge in [-0.2, -0.15) is 5.10 Å². The maximum Gasteiger partial charge on any atom is 0.181 e. The molecule has 23 heavy (non-hydrogen) atoms. The zero-order chi connectivity index (χ0) is 16.2. The zero-order valence-electron chi connectivity index (χ0n) is 12.9. The van der Waals surface area contributed by atoms with Gasteiger partial charge in [-0.05, 0) is 37.3 Å². The molecule has 0 bridgehead atoms. The molecular weight excluding hydrogens is 356 g/mol. The first-order valence-electron chi connectivity index (χ1n) is 7.21. The smallest absolute Gasteiger partial charge is 0.181 e. The van der Waals surface area contributed by atoms with Crippen molar-refractivity contribution in [2.24, 2.45) is 0 Å². The van der Waals surface area contributed by atoms with E-state index < -0.39 is 0 Å². The van der Waals surface area contributed by atoms with Gasteiger partial charge in [-0.1, -0.05) is 28.1 Å². The van der Waals surface area contributed by atoms with Crippen molar-refractivity contribution in [2.75, 3.05) is 12.4 Å². The zero-order valence-corrected chi connectivity index (χ0v) is 14.5. The number of rotatable bonds is 5. The average Bonchev–Trinajstić information content (AvgIpc) is 3.00. The first kappa shape index (κ1) is 15.6. The van der Waals surface area contributed by atoms with Crippen molar-refractivity contribution in [2.45, 2.75) is 13.5 Å². The standard InChI is InChI=1S/C17H17BrN4O/c1-11-20-17(22-21-11)12-4-3-5-15(9-12)19-10-13-8-14(18)6-7-16(13)23-2/h3-9,19H,10H2,1-2H3,(H,20,21,22). The van der Waals surface area contributed by atoms with Crippen molar-refractivity contribution in [1.29, 1.82) is 0 Å². The number of benzene rings is 2. The molecule has 0 spiro atoms. The van der Waals surface area contributed by atoms with E-state index in [-0.39, 0.29) is 0 Å². The molecule has 0 aliphatic heterocycles. The normalized spacial score (nSPS) is 10.6. The quantitative estimate of drug-likeness (QED) is 0.705. The van der Waals surface area contributed by atoms with Gasteiger partial charge in [-0.25, -0.2) is 4.98 Å². The topological polar surface area (TPSA) is 62.8 Å². The Balaban J connectivity index is 1.78. The van der Waals surface area contributed by atoms with E-state index in [1.807, 2.05) is 49.4 Å². The fraction of sp³-hybridized carbons (Fsp3) is 0.176. The second-order valence-corrected chi connectivity index (χ2v) is 6.05. The van der Waals surface area contributed by atoms with E-state index in [2.05, 4.69) is 36.4 Å². The summed E-state index contributed by atoms with van der Waals surface area (Å²) in [5, 5.41) is 10.5. The van der Waals surface area contributed by atoms with Gasteiger partial charge >= 0.3 is 0 Å². The number of aryl methyl sites for hydroxylation is 1. The van der Waals surface area contributed by atoms with Crippen LogP contribution in [0.3, 0.4) is 0 Å². The number of anilines is 1. The lowest BCUT2D eigenvalue weighted by atomic mass is 10.1. The number of nitrogens with zero attached hydrogens (tertiary/aromatic N) is 2. The monoisotopic (exact) mass is 372 g/mol. The minimum atomic E-state index is 0.666. The Hall–Kier alpha value is -2.34. The van der Waals surface area contributed by atoms with Gasteiger partial charge in [0.2, 0.25) is 0 Å². The number of aromatic amines is 1. The molecule has 2 aromatic carbocycles. The van der Waals surface area contributed by atoms with Gasteiger partial charge in [0.15, 0.2) is 5.82 Å². The lowest BCUT2D eigenvalue weighted by molar-refractivity contribution is 0.410. The average molecular weight is 373 g/mol. The Morgan fingerprint density at radius 1 is 1.22 bits per heavy atom. The number of hydrogen-bond acceptors (Lipinski definition) is 4. The molecule has 5 nitrogen and oxygen atoms in total. The third kappa shape index (κ3) is 3.71. The largest absolute Gasteiger partial charge is 0.496 e. The minimum absolute atomic E-state index is 0.666. The van der Waals surface area contributed by atoms with Crippen LogP contribution >= 0.6 is 15.9 Å². The second-order valence-electron chi connectivity index (χ2n) is 5.13. The first-order valence-corrected chi connectivity index (χ1v) is 8.01. The van der Waals surface area contributed by atoms with Crippen molar-refractivity contribution < 1.29 is 4.74 Å². The van der Waals surface area contributed by atoms with Gasteiger partial charge in [0.25, 0.3) is 0 Å². The first-order chi connectivity index (χ1) is 11.2. The van der Waals surface area contributed by atoms with E-state index in [0.717, 1.165) is 32.9 Å². The molecule has 0 unspecified atom stereocenters. The molecule has 0 aliphatic carbocycles. The van der Waals surface area contributed by atoms with Gasteiger partial charge in [0.1, 0.15) is 11.6 Å². The van der Waals surface area contributed by atoms with Crippen LogP contribution in [0.2, 0.25) is 0 Å². The van der Waals surface area contributed by atoms with Crippen LogP contribution in [-0.2, 0) is 6.54 Å². The van der Waals surface area contributed by atoms with Gasteiger partial charge in [-0.3, -0.25) is 5.10 Å². The van der Waals surface area contributed by atoms with Crippen molar-refractivity contribution in [1.82, 2.24) is 15.2 Å². The third-order valence-corrected chi connectivity index (χ3v) is 3.94. The van der Waals surface area contributed by atoms with Crippen molar-refractivity contribution in [3.8, 4) is 17.1 Å². The van der Waals surface area contributed by atoms with Crippen LogP contribution in [0.1, 0.15) is 11.4 Å². The predicted molar refractivity (Wildman–Crippen MR) is 94.6 cm³/mol. The lowest BCUT2D eigenvalue weighted by Gasteiger charge is -2.11. The molecule has 0 saturated heterocycles. The molecule has 118 valence electrons. The molecule has 3 rings (SSSR count). The van der Waals surface area contributed by atoms with Gasteiger partial charge in [0.05, 0.1) is 7.11 Å². The summed E-state index contributed by atoms with van der Waals surface area (Å²) in [7, 11) is 1.68. The number of halogens is 1. The highest BCUT2D eigenvalue weighted by atomic mass is 79.9. The summed E-state index contributed by atoms with van der Waals surface area (Å²) in [5.41, 5.74) is 3.06. The van der Waals surface area contributed by atoms with Crippen LogP contribution in [0.4, 0.5) is 5.69 Å².